The van der Waals surface area contributed by atoms with E-state index in [0.717, 1.165) is 4.47 Å². The summed E-state index contributed by atoms with van der Waals surface area (Å²) in [5.74, 6) is 1.39. The van der Waals surface area contributed by atoms with Gasteiger partial charge < -0.3 is 10.6 Å². The number of anilines is 3. The lowest BCUT2D eigenvalue weighted by Crippen LogP contribution is -2.38. The van der Waals surface area contributed by atoms with E-state index in [1.54, 1.807) is 24.7 Å². The molecule has 0 saturated carbocycles. The summed E-state index contributed by atoms with van der Waals surface area (Å²) in [5, 5.41) is 17.3. The highest BCUT2D eigenvalue weighted by atomic mass is 79.9. The molecule has 28 heavy (non-hydrogen) atoms. The monoisotopic (exact) mass is 435 g/mol. The fraction of sp³-hybridized carbons (Fsp3) is 0.400. The van der Waals surface area contributed by atoms with Crippen LogP contribution in [0.4, 0.5) is 17.6 Å². The first-order valence-electron chi connectivity index (χ1n) is 8.50. The molecule has 6 radical (unpaired) electrons. The zero-order valence-corrected chi connectivity index (χ0v) is 17.3. The molecule has 13 heteroatoms. The van der Waals surface area contributed by atoms with Crippen molar-refractivity contribution in [1.29, 1.82) is 0 Å². The average Bonchev–Trinajstić information content (AvgIpc) is 3.28. The van der Waals surface area contributed by atoms with Crippen LogP contribution in [0.15, 0.2) is 29.1 Å². The van der Waals surface area contributed by atoms with Gasteiger partial charge in [-0.05, 0) is 41.9 Å². The van der Waals surface area contributed by atoms with Gasteiger partial charge in [0.05, 0.1) is 46.1 Å². The van der Waals surface area contributed by atoms with Gasteiger partial charge in [-0.3, -0.25) is 4.68 Å². The summed E-state index contributed by atoms with van der Waals surface area (Å²) in [4.78, 5) is 10.2. The molecular weight excluding hydrogens is 419 g/mol. The molecule has 3 rings (SSSR count). The lowest BCUT2D eigenvalue weighted by molar-refractivity contribution is 0.331. The molecule has 0 bridgehead atoms. The molecule has 0 spiro atoms. The Balaban J connectivity index is 2.01. The average molecular weight is 436 g/mol. The molecule has 138 valence electrons. The minimum absolute atomic E-state index is 0.325. The summed E-state index contributed by atoms with van der Waals surface area (Å²) < 4.78 is 2.01. The minimum Gasteiger partial charge on any atom is -0.369 e. The quantitative estimate of drug-likeness (QED) is 0.535. The molecular formula is C15H17B3BrN9. The largest absolute Gasteiger partial charge is 0.369 e. The van der Waals surface area contributed by atoms with Gasteiger partial charge in [0.25, 0.3) is 0 Å². The Morgan fingerprint density at radius 3 is 2.46 bits per heavy atom. The number of rotatable bonds is 7. The molecule has 0 fully saturated rings. The van der Waals surface area contributed by atoms with Crippen LogP contribution in [0.25, 0.3) is 0 Å². The number of nitrogens with one attached hydrogen (secondary N) is 2. The van der Waals surface area contributed by atoms with Crippen molar-refractivity contribution in [2.24, 2.45) is 0 Å². The van der Waals surface area contributed by atoms with E-state index in [4.69, 9.17) is 23.5 Å². The van der Waals surface area contributed by atoms with Crippen LogP contribution < -0.4 is 10.6 Å². The fourth-order valence-electron chi connectivity index (χ4n) is 2.50. The molecule has 2 N–H and O–H groups in total. The molecule has 3 aromatic heterocycles. The summed E-state index contributed by atoms with van der Waals surface area (Å²) in [5.41, 5.74) is -0.0766. The Bertz CT molecular complexity index is 950. The zero-order chi connectivity index (χ0) is 20.5. The van der Waals surface area contributed by atoms with Crippen LogP contribution in [0.2, 0.25) is 0 Å². The van der Waals surface area contributed by atoms with Crippen molar-refractivity contribution in [3.63, 3.8) is 0 Å². The van der Waals surface area contributed by atoms with Crippen LogP contribution in [0.1, 0.15) is 26.5 Å². The molecule has 0 aliphatic rings. The summed E-state index contributed by atoms with van der Waals surface area (Å²) in [6, 6.07) is 1.75. The number of hydrogen-bond donors (Lipinski definition) is 2. The van der Waals surface area contributed by atoms with Crippen molar-refractivity contribution in [2.45, 2.75) is 31.5 Å². The molecule has 0 amide bonds. The van der Waals surface area contributed by atoms with Gasteiger partial charge in [0.2, 0.25) is 5.95 Å². The Morgan fingerprint density at radius 1 is 1.18 bits per heavy atom. The molecule has 0 aliphatic carbocycles. The van der Waals surface area contributed by atoms with Gasteiger partial charge in [-0.25, -0.2) is 4.98 Å². The smallest absolute Gasteiger partial charge is 0.230 e. The highest BCUT2D eigenvalue weighted by Gasteiger charge is 2.31. The highest BCUT2D eigenvalue weighted by molar-refractivity contribution is 9.10. The maximum atomic E-state index is 5.91. The van der Waals surface area contributed by atoms with Gasteiger partial charge >= 0.3 is 0 Å². The van der Waals surface area contributed by atoms with Gasteiger partial charge in [0, 0.05) is 18.8 Å². The van der Waals surface area contributed by atoms with E-state index in [-0.39, 0.29) is 0 Å². The molecule has 0 atom stereocenters. The normalized spacial score (nSPS) is 12.1. The van der Waals surface area contributed by atoms with Crippen molar-refractivity contribution in [1.82, 2.24) is 34.7 Å². The Labute approximate surface area is 175 Å². The third-order valence-corrected chi connectivity index (χ3v) is 4.53. The van der Waals surface area contributed by atoms with Crippen molar-refractivity contribution in [2.75, 3.05) is 17.2 Å². The SMILES string of the molecule is [B]C([B])([B])n1nc(C(C)(C)n2nccn2)cc1Nc1ncc(Br)c(NCC)n1. The second kappa shape index (κ2) is 7.61. The molecule has 3 heterocycles. The standard InChI is InChI=1S/C15H17B3BrN9/c1-4-20-12-9(19)8-21-13(25-12)24-11-7-10(26-27(11)15(16,17)18)14(2,3)28-22-5-6-23-28/h5-8H,4H2,1-3H3,(H2,20,21,24,25). The number of halogens is 1. The van der Waals surface area contributed by atoms with Gasteiger partial charge in [0.1, 0.15) is 17.2 Å². The van der Waals surface area contributed by atoms with Crippen molar-refractivity contribution in [3.8, 4) is 0 Å². The summed E-state index contributed by atoms with van der Waals surface area (Å²) in [6.07, 6.45) is 4.82. The fourth-order valence-corrected chi connectivity index (χ4v) is 2.84. The topological polar surface area (TPSA) is 98.4 Å². The van der Waals surface area contributed by atoms with E-state index in [1.807, 2.05) is 20.8 Å². The Morgan fingerprint density at radius 2 is 1.86 bits per heavy atom. The van der Waals surface area contributed by atoms with Crippen molar-refractivity contribution in [3.05, 3.63) is 34.8 Å². The van der Waals surface area contributed by atoms with E-state index in [2.05, 4.69) is 51.8 Å². The van der Waals surface area contributed by atoms with Crippen LogP contribution in [0.3, 0.4) is 0 Å². The van der Waals surface area contributed by atoms with Crippen molar-refractivity contribution < 1.29 is 0 Å². The van der Waals surface area contributed by atoms with Gasteiger partial charge in [-0.2, -0.15) is 25.1 Å². The first-order chi connectivity index (χ1) is 13.1. The van der Waals surface area contributed by atoms with Crippen LogP contribution in [0, 0.1) is 0 Å². The molecule has 3 aromatic rings. The maximum absolute atomic E-state index is 5.91. The van der Waals surface area contributed by atoms with Gasteiger partial charge in [-0.1, -0.05) is 0 Å². The number of hydrogen-bond acceptors (Lipinski definition) is 7. The molecule has 0 aliphatic heterocycles. The molecule has 0 saturated heterocycles. The van der Waals surface area contributed by atoms with Crippen LogP contribution >= 0.6 is 15.9 Å². The highest BCUT2D eigenvalue weighted by Crippen LogP contribution is 2.29. The first kappa shape index (κ1) is 20.4. The van der Waals surface area contributed by atoms with Crippen molar-refractivity contribution >= 4 is 57.1 Å². The minimum atomic E-state index is -1.74. The molecule has 0 unspecified atom stereocenters. The van der Waals surface area contributed by atoms with Crippen LogP contribution in [-0.2, 0) is 10.8 Å². The summed E-state index contributed by atoms with van der Waals surface area (Å²) in [7, 11) is 17.7. The Hall–Kier alpha value is -2.30. The lowest BCUT2D eigenvalue weighted by Gasteiger charge is -2.25. The third-order valence-electron chi connectivity index (χ3n) is 3.95. The van der Waals surface area contributed by atoms with E-state index in [9.17, 15) is 0 Å². The van der Waals surface area contributed by atoms with Gasteiger partial charge in [-0.15, -0.1) is 0 Å². The van der Waals surface area contributed by atoms with Crippen LogP contribution in [-0.4, -0.2) is 64.8 Å². The van der Waals surface area contributed by atoms with E-state index >= 15 is 0 Å². The second-order valence-electron chi connectivity index (χ2n) is 6.64. The van der Waals surface area contributed by atoms with E-state index < -0.39 is 10.8 Å². The third kappa shape index (κ3) is 4.08. The van der Waals surface area contributed by atoms with Gasteiger partial charge in [0.15, 0.2) is 0 Å². The van der Waals surface area contributed by atoms with Crippen LogP contribution in [0.5, 0.6) is 0 Å². The maximum Gasteiger partial charge on any atom is 0.230 e. The predicted molar refractivity (Wildman–Crippen MR) is 113 cm³/mol. The number of nitrogens with zero attached hydrogens (tertiary/aromatic N) is 7. The molecule has 0 aromatic carbocycles. The second-order valence-corrected chi connectivity index (χ2v) is 7.49. The first-order valence-corrected chi connectivity index (χ1v) is 9.30. The molecule has 9 nitrogen and oxygen atoms in total. The van der Waals surface area contributed by atoms with E-state index in [0.29, 0.717) is 29.8 Å². The zero-order valence-electron chi connectivity index (χ0n) is 15.8. The Kier molecular flexibility index (Phi) is 5.56. The summed E-state index contributed by atoms with van der Waals surface area (Å²) in [6.45, 7) is 6.50. The summed E-state index contributed by atoms with van der Waals surface area (Å²) >= 11 is 3.41. The lowest BCUT2D eigenvalue weighted by atomic mass is 9.49. The van der Waals surface area contributed by atoms with E-state index in [1.165, 1.54) is 9.48 Å². The number of aromatic nitrogens is 7. The predicted octanol–water partition coefficient (Wildman–Crippen LogP) is 1.06.